The maximum Gasteiger partial charge on any atom is 0.434 e. The molecule has 0 aliphatic heterocycles. The largest absolute Gasteiger partial charge is 0.462 e. The van der Waals surface area contributed by atoms with Gasteiger partial charge in [0.05, 0.1) is 17.9 Å². The number of pyridine rings is 1. The minimum Gasteiger partial charge on any atom is -0.462 e. The first kappa shape index (κ1) is 17.6. The molecular weight excluding hydrogens is 315 g/mol. The van der Waals surface area contributed by atoms with Gasteiger partial charge >= 0.3 is 12.1 Å². The fourth-order valence-corrected chi connectivity index (χ4v) is 1.70. The molecule has 1 aromatic rings. The highest BCUT2D eigenvalue weighted by atomic mass is 19.4. The van der Waals surface area contributed by atoms with Gasteiger partial charge in [0.1, 0.15) is 5.69 Å². The molecule has 1 heterocycles. The lowest BCUT2D eigenvalue weighted by Gasteiger charge is -2.17. The van der Waals surface area contributed by atoms with E-state index in [4.69, 9.17) is 5.53 Å². The number of hydrogen-bond donors (Lipinski definition) is 0. The summed E-state index contributed by atoms with van der Waals surface area (Å²) >= 11 is 0. The second kappa shape index (κ2) is 6.56. The van der Waals surface area contributed by atoms with E-state index in [2.05, 4.69) is 19.7 Å². The normalized spacial score (nSPS) is 11.3. The Morgan fingerprint density at radius 2 is 2.05 bits per heavy atom. The Bertz CT molecular complexity index is 638. The van der Waals surface area contributed by atoms with Gasteiger partial charge in [-0.25, -0.2) is 18.6 Å². The molecule has 0 N–H and O–H groups in total. The van der Waals surface area contributed by atoms with E-state index in [1.165, 1.54) is 6.92 Å². The third-order valence-electron chi connectivity index (χ3n) is 2.54. The molecule has 0 amide bonds. The molecule has 0 aromatic carbocycles. The van der Waals surface area contributed by atoms with Crippen LogP contribution in [0.1, 0.15) is 40.7 Å². The molecule has 0 aliphatic carbocycles. The standard InChI is InChI=1S/C11H9F5N4O2/c1-3-22-10(21)5-4(2)6(19-20-17)7(9(12)13)18-8(5)11(14,15)16/h9H,3H2,1-2H3. The number of hydrogen-bond acceptors (Lipinski definition) is 4. The van der Waals surface area contributed by atoms with Gasteiger partial charge < -0.3 is 4.74 Å². The summed E-state index contributed by atoms with van der Waals surface area (Å²) in [5.74, 6) is -1.39. The number of nitrogens with zero attached hydrogens (tertiary/aromatic N) is 4. The summed E-state index contributed by atoms with van der Waals surface area (Å²) in [6.07, 6.45) is -8.58. The number of aromatic nitrogens is 1. The molecule has 22 heavy (non-hydrogen) atoms. The number of esters is 1. The number of azide groups is 1. The lowest BCUT2D eigenvalue weighted by Crippen LogP contribution is -2.20. The van der Waals surface area contributed by atoms with E-state index in [0.717, 1.165) is 6.92 Å². The Kier molecular flexibility index (Phi) is 5.26. The number of carbonyl (C=O) groups is 1. The van der Waals surface area contributed by atoms with Crippen LogP contribution in [0.2, 0.25) is 0 Å². The van der Waals surface area contributed by atoms with E-state index in [0.29, 0.717) is 0 Å². The molecule has 0 saturated heterocycles. The minimum atomic E-state index is -5.16. The van der Waals surface area contributed by atoms with Gasteiger partial charge in [-0.05, 0) is 24.9 Å². The highest BCUT2D eigenvalue weighted by Crippen LogP contribution is 2.39. The van der Waals surface area contributed by atoms with Crippen molar-refractivity contribution in [2.24, 2.45) is 5.11 Å². The number of rotatable bonds is 4. The molecule has 0 radical (unpaired) electrons. The zero-order chi connectivity index (χ0) is 17.1. The van der Waals surface area contributed by atoms with E-state index in [9.17, 15) is 26.7 Å². The molecule has 0 atom stereocenters. The fourth-order valence-electron chi connectivity index (χ4n) is 1.70. The maximum absolute atomic E-state index is 13.0. The van der Waals surface area contributed by atoms with Gasteiger partial charge in [-0.3, -0.25) is 0 Å². The molecule has 0 fully saturated rings. The van der Waals surface area contributed by atoms with E-state index >= 15 is 0 Å². The van der Waals surface area contributed by atoms with Crippen molar-refractivity contribution in [2.45, 2.75) is 26.4 Å². The maximum atomic E-state index is 13.0. The van der Waals surface area contributed by atoms with Crippen molar-refractivity contribution in [3.8, 4) is 0 Å². The van der Waals surface area contributed by atoms with Gasteiger partial charge in [-0.2, -0.15) is 13.2 Å². The molecule has 0 spiro atoms. The molecule has 0 bridgehead atoms. The van der Waals surface area contributed by atoms with E-state index < -0.39 is 46.8 Å². The molecule has 1 aromatic heterocycles. The predicted molar refractivity (Wildman–Crippen MR) is 63.7 cm³/mol. The van der Waals surface area contributed by atoms with Crippen molar-refractivity contribution in [2.75, 3.05) is 6.61 Å². The van der Waals surface area contributed by atoms with Crippen LogP contribution in [0.3, 0.4) is 0 Å². The lowest BCUT2D eigenvalue weighted by molar-refractivity contribution is -0.142. The lowest BCUT2D eigenvalue weighted by atomic mass is 10.0. The highest BCUT2D eigenvalue weighted by molar-refractivity contribution is 5.94. The van der Waals surface area contributed by atoms with Crippen LogP contribution >= 0.6 is 0 Å². The average Bonchev–Trinajstić information content (AvgIpc) is 2.39. The van der Waals surface area contributed by atoms with E-state index in [1.807, 2.05) is 0 Å². The van der Waals surface area contributed by atoms with Crippen LogP contribution in [0.4, 0.5) is 27.6 Å². The summed E-state index contributed by atoms with van der Waals surface area (Å²) in [7, 11) is 0. The zero-order valence-corrected chi connectivity index (χ0v) is 11.3. The SMILES string of the molecule is CCOC(=O)c1c(C(F)(F)F)nc(C(F)F)c(N=[N+]=[N-])c1C. The molecular formula is C11H9F5N4O2. The Labute approximate surface area is 120 Å². The smallest absolute Gasteiger partial charge is 0.434 e. The van der Waals surface area contributed by atoms with Crippen LogP contribution in [-0.2, 0) is 10.9 Å². The molecule has 0 unspecified atom stereocenters. The van der Waals surface area contributed by atoms with Crippen LogP contribution < -0.4 is 0 Å². The van der Waals surface area contributed by atoms with Crippen molar-refractivity contribution in [3.63, 3.8) is 0 Å². The van der Waals surface area contributed by atoms with Crippen molar-refractivity contribution < 1.29 is 31.5 Å². The first-order chi connectivity index (χ1) is 10.1. The fraction of sp³-hybridized carbons (Fsp3) is 0.455. The van der Waals surface area contributed by atoms with Crippen molar-refractivity contribution in [1.82, 2.24) is 4.98 Å². The molecule has 120 valence electrons. The van der Waals surface area contributed by atoms with Crippen molar-refractivity contribution >= 4 is 11.7 Å². The third-order valence-corrected chi connectivity index (χ3v) is 2.54. The Hall–Kier alpha value is -2.42. The average molecular weight is 324 g/mol. The third kappa shape index (κ3) is 3.42. The summed E-state index contributed by atoms with van der Waals surface area (Å²) in [5.41, 5.74) is 2.74. The number of ether oxygens (including phenoxy) is 1. The number of alkyl halides is 5. The first-order valence-corrected chi connectivity index (χ1v) is 5.77. The molecule has 0 aliphatic rings. The summed E-state index contributed by atoms with van der Waals surface area (Å²) in [5, 5.41) is 2.92. The Balaban J connectivity index is 3.83. The summed E-state index contributed by atoms with van der Waals surface area (Å²) in [4.78, 5) is 16.7. The van der Waals surface area contributed by atoms with Gasteiger partial charge in [-0.15, -0.1) is 0 Å². The minimum absolute atomic E-state index is 0.233. The molecule has 6 nitrogen and oxygen atoms in total. The van der Waals surface area contributed by atoms with Gasteiger partial charge in [0.15, 0.2) is 5.69 Å². The zero-order valence-electron chi connectivity index (χ0n) is 11.3. The first-order valence-electron chi connectivity index (χ1n) is 5.77. The van der Waals surface area contributed by atoms with Gasteiger partial charge in [0.25, 0.3) is 6.43 Å². The summed E-state index contributed by atoms with van der Waals surface area (Å²) in [6, 6.07) is 0. The molecule has 11 heteroatoms. The Morgan fingerprint density at radius 3 is 2.45 bits per heavy atom. The monoisotopic (exact) mass is 324 g/mol. The van der Waals surface area contributed by atoms with Crippen LogP contribution in [-0.4, -0.2) is 17.6 Å². The van der Waals surface area contributed by atoms with Crippen LogP contribution in [0, 0.1) is 6.92 Å². The van der Waals surface area contributed by atoms with Crippen LogP contribution in [0.15, 0.2) is 5.11 Å². The topological polar surface area (TPSA) is 88.0 Å². The second-order valence-electron chi connectivity index (χ2n) is 3.90. The molecule has 0 saturated carbocycles. The van der Waals surface area contributed by atoms with Gasteiger partial charge in [0, 0.05) is 4.91 Å². The number of halogens is 5. The highest BCUT2D eigenvalue weighted by Gasteiger charge is 2.41. The van der Waals surface area contributed by atoms with E-state index in [-0.39, 0.29) is 6.61 Å². The molecule has 1 rings (SSSR count). The van der Waals surface area contributed by atoms with E-state index in [1.54, 1.807) is 0 Å². The summed E-state index contributed by atoms with van der Waals surface area (Å²) < 4.78 is 69.1. The van der Waals surface area contributed by atoms with Crippen molar-refractivity contribution in [3.05, 3.63) is 33.0 Å². The van der Waals surface area contributed by atoms with Crippen LogP contribution in [0.5, 0.6) is 0 Å². The summed E-state index contributed by atoms with van der Waals surface area (Å²) in [6.45, 7) is 2.07. The van der Waals surface area contributed by atoms with Crippen LogP contribution in [0.25, 0.3) is 10.4 Å². The Morgan fingerprint density at radius 1 is 1.45 bits per heavy atom. The van der Waals surface area contributed by atoms with Gasteiger partial charge in [-0.1, -0.05) is 5.11 Å². The predicted octanol–water partition coefficient (Wildman–Crippen LogP) is 4.46. The van der Waals surface area contributed by atoms with Gasteiger partial charge in [0.2, 0.25) is 0 Å². The second-order valence-corrected chi connectivity index (χ2v) is 3.90. The van der Waals surface area contributed by atoms with Crippen molar-refractivity contribution in [1.29, 1.82) is 0 Å². The number of carbonyl (C=O) groups excluding carboxylic acids is 1. The quantitative estimate of drug-likeness (QED) is 0.269.